The average molecular weight is 629 g/mol. The topological polar surface area (TPSA) is 85.7 Å². The van der Waals surface area contributed by atoms with Crippen LogP contribution in [-0.2, 0) is 14.3 Å². The number of nitrogens with zero attached hydrogens (tertiary/aromatic N) is 3. The molecule has 5 rings (SSSR count). The van der Waals surface area contributed by atoms with Crippen LogP contribution in [0.15, 0.2) is 54.9 Å². The Morgan fingerprint density at radius 2 is 1.76 bits per heavy atom. The molecule has 248 valence electrons. The summed E-state index contributed by atoms with van der Waals surface area (Å²) in [6.45, 7) is 9.54. The number of carbonyl (C=O) groups excluding carboxylic acids is 2. The van der Waals surface area contributed by atoms with Crippen LogP contribution in [0.2, 0.25) is 0 Å². The number of nitrogens with one attached hydrogen (secondary N) is 1. The molecular weight excluding hydrogens is 576 g/mol. The van der Waals surface area contributed by atoms with Gasteiger partial charge < -0.3 is 19.7 Å². The molecule has 2 aliphatic carbocycles. The number of rotatable bonds is 12. The Labute approximate surface area is 274 Å². The second-order valence-corrected chi connectivity index (χ2v) is 13.5. The Kier molecular flexibility index (Phi) is 11.6. The normalized spacial score (nSPS) is 21.6. The summed E-state index contributed by atoms with van der Waals surface area (Å²) < 4.78 is 12.5. The van der Waals surface area contributed by atoms with E-state index in [2.05, 4.69) is 84.7 Å². The number of aromatic nitrogens is 2. The lowest BCUT2D eigenvalue weighted by Gasteiger charge is -2.36. The maximum Gasteiger partial charge on any atom is 0.319 e. The fourth-order valence-corrected chi connectivity index (χ4v) is 7.24. The predicted octanol–water partition coefficient (Wildman–Crippen LogP) is 7.47. The molecule has 2 fully saturated rings. The molecule has 2 aromatic carbocycles. The van der Waals surface area contributed by atoms with Gasteiger partial charge >= 0.3 is 5.97 Å². The van der Waals surface area contributed by atoms with Crippen molar-refractivity contribution in [2.45, 2.75) is 97.1 Å². The molecule has 0 aliphatic heterocycles. The summed E-state index contributed by atoms with van der Waals surface area (Å²) in [4.78, 5) is 28.3. The van der Waals surface area contributed by atoms with Crippen LogP contribution < -0.4 is 15.0 Å². The van der Waals surface area contributed by atoms with Crippen molar-refractivity contribution >= 4 is 17.6 Å². The van der Waals surface area contributed by atoms with Gasteiger partial charge in [-0.1, -0.05) is 24.3 Å². The van der Waals surface area contributed by atoms with Gasteiger partial charge in [-0.2, -0.15) is 5.10 Å². The minimum Gasteiger partial charge on any atom is -0.496 e. The molecule has 1 heterocycles. The largest absolute Gasteiger partial charge is 0.496 e. The number of benzene rings is 2. The van der Waals surface area contributed by atoms with Crippen molar-refractivity contribution in [3.63, 3.8) is 0 Å². The molecule has 46 heavy (non-hydrogen) atoms. The first kappa shape index (κ1) is 33.7. The molecule has 1 aromatic heterocycles. The van der Waals surface area contributed by atoms with Gasteiger partial charge in [0, 0.05) is 42.0 Å². The number of esters is 1. The standard InChI is InChI=1S/C38H52N4O4/c1-6-46-37(43)23-39-34-17-14-30(15-18-34)38(44)41(35-9-7-8-31(21-35)33-22-40-42(25-33)26(2)3)24-28-10-12-29(13-11-28)32-16-19-36(45-5)27(4)20-32/h7-9,16,19-22,25-26,28-30,34,39H,6,10-15,17-18,23-24H2,1-5H3. The number of carbonyl (C=O) groups is 2. The molecule has 8 heteroatoms. The Balaban J connectivity index is 1.29. The molecule has 0 unspecified atom stereocenters. The van der Waals surface area contributed by atoms with Gasteiger partial charge in [-0.15, -0.1) is 0 Å². The van der Waals surface area contributed by atoms with Gasteiger partial charge in [0.25, 0.3) is 0 Å². The van der Waals surface area contributed by atoms with E-state index in [-0.39, 0.29) is 36.4 Å². The molecule has 3 aromatic rings. The zero-order valence-corrected chi connectivity index (χ0v) is 28.3. The SMILES string of the molecule is CCOC(=O)CNC1CCC(C(=O)N(CC2CCC(c3ccc(OC)c(C)c3)CC2)c2cccc(-c3cnn(C(C)C)c3)c2)CC1. The Hall–Kier alpha value is -3.65. The van der Waals surface area contributed by atoms with Gasteiger partial charge in [0.2, 0.25) is 5.91 Å². The van der Waals surface area contributed by atoms with Crippen LogP contribution in [0.5, 0.6) is 5.75 Å². The minimum atomic E-state index is -0.220. The molecule has 1 N–H and O–H groups in total. The van der Waals surface area contributed by atoms with Crippen LogP contribution in [0.4, 0.5) is 5.69 Å². The van der Waals surface area contributed by atoms with E-state index in [1.165, 1.54) is 11.1 Å². The minimum absolute atomic E-state index is 0.0217. The molecular formula is C38H52N4O4. The first-order valence-electron chi connectivity index (χ1n) is 17.2. The third kappa shape index (κ3) is 8.38. The molecule has 0 atom stereocenters. The number of ether oxygens (including phenoxy) is 2. The summed E-state index contributed by atoms with van der Waals surface area (Å²) in [6, 6.07) is 15.5. The highest BCUT2D eigenvalue weighted by Gasteiger charge is 2.33. The van der Waals surface area contributed by atoms with Crippen LogP contribution in [-0.4, -0.2) is 54.5 Å². The number of methoxy groups -OCH3 is 1. The highest BCUT2D eigenvalue weighted by Crippen LogP contribution is 2.39. The number of amides is 1. The van der Waals surface area contributed by atoms with E-state index in [1.807, 2.05) is 17.8 Å². The second-order valence-electron chi connectivity index (χ2n) is 13.5. The lowest BCUT2D eigenvalue weighted by molar-refractivity contribution is -0.142. The van der Waals surface area contributed by atoms with Gasteiger partial charge in [0.1, 0.15) is 5.75 Å². The molecule has 0 saturated heterocycles. The Bertz CT molecular complexity index is 1450. The van der Waals surface area contributed by atoms with E-state index in [0.717, 1.165) is 80.5 Å². The first-order valence-corrected chi connectivity index (χ1v) is 17.2. The van der Waals surface area contributed by atoms with Crippen molar-refractivity contribution < 1.29 is 19.1 Å². The predicted molar refractivity (Wildman–Crippen MR) is 183 cm³/mol. The summed E-state index contributed by atoms with van der Waals surface area (Å²) in [7, 11) is 1.73. The van der Waals surface area contributed by atoms with Crippen molar-refractivity contribution in [1.82, 2.24) is 15.1 Å². The zero-order chi connectivity index (χ0) is 32.6. The average Bonchev–Trinajstić information content (AvgIpc) is 3.58. The molecule has 2 saturated carbocycles. The van der Waals surface area contributed by atoms with E-state index < -0.39 is 0 Å². The van der Waals surface area contributed by atoms with Crippen LogP contribution in [0, 0.1) is 18.8 Å². The zero-order valence-electron chi connectivity index (χ0n) is 28.3. The fourth-order valence-electron chi connectivity index (χ4n) is 7.24. The van der Waals surface area contributed by atoms with Crippen molar-refractivity contribution in [2.75, 3.05) is 31.7 Å². The second kappa shape index (κ2) is 15.8. The van der Waals surface area contributed by atoms with E-state index in [9.17, 15) is 9.59 Å². The number of aryl methyl sites for hydroxylation is 1. The molecule has 1 amide bonds. The maximum absolute atomic E-state index is 14.4. The van der Waals surface area contributed by atoms with Gasteiger partial charge in [0.15, 0.2) is 0 Å². The van der Waals surface area contributed by atoms with E-state index in [4.69, 9.17) is 9.47 Å². The quantitative estimate of drug-likeness (QED) is 0.210. The summed E-state index contributed by atoms with van der Waals surface area (Å²) in [5.41, 5.74) is 5.69. The summed E-state index contributed by atoms with van der Waals surface area (Å²) >= 11 is 0. The fraction of sp³-hybridized carbons (Fsp3) is 0.553. The molecule has 0 radical (unpaired) electrons. The van der Waals surface area contributed by atoms with Crippen molar-refractivity contribution in [3.05, 3.63) is 66.0 Å². The molecule has 8 nitrogen and oxygen atoms in total. The van der Waals surface area contributed by atoms with Gasteiger partial charge in [-0.05, 0) is 126 Å². The summed E-state index contributed by atoms with van der Waals surface area (Å²) in [6.07, 6.45) is 11.9. The van der Waals surface area contributed by atoms with Gasteiger partial charge in [-0.3, -0.25) is 14.3 Å². The highest BCUT2D eigenvalue weighted by molar-refractivity contribution is 5.95. The summed E-state index contributed by atoms with van der Waals surface area (Å²) in [5, 5.41) is 7.89. The Morgan fingerprint density at radius 1 is 1.00 bits per heavy atom. The third-order valence-corrected chi connectivity index (χ3v) is 9.98. The van der Waals surface area contributed by atoms with Crippen molar-refractivity contribution in [1.29, 1.82) is 0 Å². The molecule has 0 spiro atoms. The first-order chi connectivity index (χ1) is 22.2. The van der Waals surface area contributed by atoms with Crippen LogP contribution >= 0.6 is 0 Å². The molecule has 0 bridgehead atoms. The van der Waals surface area contributed by atoms with Crippen LogP contribution in [0.3, 0.4) is 0 Å². The lowest BCUT2D eigenvalue weighted by atomic mass is 9.78. The van der Waals surface area contributed by atoms with Gasteiger partial charge in [0.05, 0.1) is 26.5 Å². The Morgan fingerprint density at radius 3 is 2.41 bits per heavy atom. The van der Waals surface area contributed by atoms with E-state index >= 15 is 0 Å². The smallest absolute Gasteiger partial charge is 0.319 e. The van der Waals surface area contributed by atoms with Crippen molar-refractivity contribution in [2.24, 2.45) is 11.8 Å². The van der Waals surface area contributed by atoms with E-state index in [1.54, 1.807) is 7.11 Å². The maximum atomic E-state index is 14.4. The van der Waals surface area contributed by atoms with Crippen molar-refractivity contribution in [3.8, 4) is 16.9 Å². The van der Waals surface area contributed by atoms with Crippen LogP contribution in [0.25, 0.3) is 11.1 Å². The monoisotopic (exact) mass is 628 g/mol. The number of anilines is 1. The van der Waals surface area contributed by atoms with Gasteiger partial charge in [-0.25, -0.2) is 0 Å². The molecule has 2 aliphatic rings. The number of hydrogen-bond acceptors (Lipinski definition) is 6. The summed E-state index contributed by atoms with van der Waals surface area (Å²) in [5.74, 6) is 1.92. The third-order valence-electron chi connectivity index (χ3n) is 9.98. The van der Waals surface area contributed by atoms with E-state index in [0.29, 0.717) is 18.4 Å². The lowest BCUT2D eigenvalue weighted by Crippen LogP contribution is -2.44. The highest BCUT2D eigenvalue weighted by atomic mass is 16.5. The van der Waals surface area contributed by atoms with Crippen LogP contribution in [0.1, 0.15) is 95.2 Å². The number of hydrogen-bond donors (Lipinski definition) is 1.